The maximum Gasteiger partial charge on any atom is 0.332 e. The number of aromatic nitrogens is 2. The van der Waals surface area contributed by atoms with E-state index >= 15 is 0 Å². The van der Waals surface area contributed by atoms with Crippen LogP contribution in [0.1, 0.15) is 29.3 Å². The van der Waals surface area contributed by atoms with Crippen molar-refractivity contribution in [2.24, 2.45) is 0 Å². The zero-order chi connectivity index (χ0) is 20.9. The van der Waals surface area contributed by atoms with E-state index in [1.54, 1.807) is 11.8 Å². The van der Waals surface area contributed by atoms with Gasteiger partial charge in [0.1, 0.15) is 4.83 Å². The second-order valence-corrected chi connectivity index (χ2v) is 8.59. The number of alkyl halides is 2. The lowest BCUT2D eigenvalue weighted by Gasteiger charge is -2.35. The van der Waals surface area contributed by atoms with Gasteiger partial charge in [0.25, 0.3) is 11.5 Å². The summed E-state index contributed by atoms with van der Waals surface area (Å²) in [6.45, 7) is 3.67. The van der Waals surface area contributed by atoms with Crippen LogP contribution in [0.25, 0.3) is 10.2 Å². The Balaban J connectivity index is 1.85. The average molecular weight is 428 g/mol. The van der Waals surface area contributed by atoms with Gasteiger partial charge in [-0.05, 0) is 12.5 Å². The lowest BCUT2D eigenvalue weighted by molar-refractivity contribution is -0.106. The molecule has 1 saturated carbocycles. The molecule has 0 unspecified atom stereocenters. The van der Waals surface area contributed by atoms with Crippen molar-refractivity contribution in [1.82, 2.24) is 19.4 Å². The molecule has 2 fully saturated rings. The van der Waals surface area contributed by atoms with Crippen LogP contribution in [0.15, 0.2) is 9.59 Å². The van der Waals surface area contributed by atoms with Crippen molar-refractivity contribution in [2.75, 3.05) is 26.8 Å². The molecule has 1 aliphatic carbocycles. The lowest BCUT2D eigenvalue weighted by Crippen LogP contribution is -2.49. The predicted octanol–water partition coefficient (Wildman–Crippen LogP) is 1.67. The van der Waals surface area contributed by atoms with Crippen LogP contribution in [0.3, 0.4) is 0 Å². The van der Waals surface area contributed by atoms with E-state index in [2.05, 4.69) is 5.32 Å². The Morgan fingerprint density at radius 3 is 2.59 bits per heavy atom. The minimum Gasteiger partial charge on any atom is -0.383 e. The van der Waals surface area contributed by atoms with E-state index in [1.807, 2.05) is 0 Å². The average Bonchev–Trinajstić information content (AvgIpc) is 3.17. The van der Waals surface area contributed by atoms with Gasteiger partial charge in [-0.2, -0.15) is 0 Å². The highest BCUT2D eigenvalue weighted by molar-refractivity contribution is 7.18. The van der Waals surface area contributed by atoms with Gasteiger partial charge in [-0.3, -0.25) is 13.9 Å². The fourth-order valence-electron chi connectivity index (χ4n) is 3.91. The number of rotatable bonds is 6. The molecule has 2 aromatic rings. The van der Waals surface area contributed by atoms with Crippen LogP contribution in [0.2, 0.25) is 0 Å². The lowest BCUT2D eigenvalue weighted by atomic mass is 9.88. The van der Waals surface area contributed by atoms with Crippen molar-refractivity contribution < 1.29 is 18.3 Å². The number of methoxy groups -OCH3 is 1. The van der Waals surface area contributed by atoms with Crippen LogP contribution < -0.4 is 16.6 Å². The first-order chi connectivity index (χ1) is 13.7. The van der Waals surface area contributed by atoms with Gasteiger partial charge in [0, 0.05) is 37.9 Å². The predicted molar refractivity (Wildman–Crippen MR) is 104 cm³/mol. The molecule has 1 aliphatic heterocycles. The zero-order valence-electron chi connectivity index (χ0n) is 16.2. The molecule has 3 heterocycles. The van der Waals surface area contributed by atoms with Crippen molar-refractivity contribution in [3.8, 4) is 0 Å². The molecule has 2 aromatic heterocycles. The molecular weight excluding hydrogens is 406 g/mol. The molecule has 0 spiro atoms. The Hall–Kier alpha value is -2.27. The number of fused-ring (bicyclic) bond motifs is 1. The molecule has 1 saturated heterocycles. The van der Waals surface area contributed by atoms with Gasteiger partial charge in [0.15, 0.2) is 0 Å². The van der Waals surface area contributed by atoms with Crippen LogP contribution >= 0.6 is 11.3 Å². The Morgan fingerprint density at radius 2 is 2.00 bits per heavy atom. The van der Waals surface area contributed by atoms with Crippen molar-refractivity contribution in [2.45, 2.75) is 44.8 Å². The molecule has 0 radical (unpaired) electrons. The fourth-order valence-corrected chi connectivity index (χ4v) is 5.24. The molecule has 8 nitrogen and oxygen atoms in total. The second kappa shape index (κ2) is 7.21. The molecule has 4 rings (SSSR count). The smallest absolute Gasteiger partial charge is 0.332 e. The molecular formula is C18H22F2N4O4S. The Kier molecular flexibility index (Phi) is 4.97. The van der Waals surface area contributed by atoms with Crippen molar-refractivity contribution in [1.29, 1.82) is 0 Å². The summed E-state index contributed by atoms with van der Waals surface area (Å²) in [5.41, 5.74) is -0.447. The highest BCUT2D eigenvalue weighted by Gasteiger charge is 2.47. The molecule has 0 atom stereocenters. The fraction of sp³-hybridized carbons (Fsp3) is 0.611. The highest BCUT2D eigenvalue weighted by Crippen LogP contribution is 2.44. The maximum atomic E-state index is 13.4. The number of nitrogens with zero attached hydrogens (tertiary/aromatic N) is 3. The summed E-state index contributed by atoms with van der Waals surface area (Å²) in [4.78, 5) is 41.0. The summed E-state index contributed by atoms with van der Waals surface area (Å²) in [6, 6.07) is -0.983. The third-order valence-electron chi connectivity index (χ3n) is 5.57. The number of urea groups is 1. The first-order valence-corrected chi connectivity index (χ1v) is 10.2. The summed E-state index contributed by atoms with van der Waals surface area (Å²) < 4.78 is 34.3. The van der Waals surface area contributed by atoms with Gasteiger partial charge < -0.3 is 15.0 Å². The van der Waals surface area contributed by atoms with E-state index in [4.69, 9.17) is 4.74 Å². The van der Waals surface area contributed by atoms with E-state index in [-0.39, 0.29) is 19.2 Å². The molecule has 29 heavy (non-hydrogen) atoms. The number of carbonyl (C=O) groups excluding carboxylic acids is 1. The van der Waals surface area contributed by atoms with E-state index in [0.29, 0.717) is 35.4 Å². The largest absolute Gasteiger partial charge is 0.383 e. The van der Waals surface area contributed by atoms with Gasteiger partial charge in [-0.25, -0.2) is 18.4 Å². The monoisotopic (exact) mass is 428 g/mol. The van der Waals surface area contributed by atoms with Crippen LogP contribution in [0, 0.1) is 6.92 Å². The first-order valence-electron chi connectivity index (χ1n) is 9.40. The van der Waals surface area contributed by atoms with Crippen molar-refractivity contribution in [3.05, 3.63) is 31.3 Å². The van der Waals surface area contributed by atoms with Crippen LogP contribution in [0.4, 0.5) is 13.6 Å². The van der Waals surface area contributed by atoms with Crippen molar-refractivity contribution >= 4 is 27.6 Å². The first kappa shape index (κ1) is 20.0. The number of thiophene rings is 1. The van der Waals surface area contributed by atoms with Gasteiger partial charge in [-0.1, -0.05) is 0 Å². The Bertz CT molecular complexity index is 1080. The normalized spacial score (nSPS) is 19.0. The van der Waals surface area contributed by atoms with E-state index < -0.39 is 36.1 Å². The minimum absolute atomic E-state index is 0.173. The minimum atomic E-state index is -2.85. The standard InChI is InChI=1S/C18H22F2N4O4S/c1-10-12(9-22-4-3-21-16(22)26)29-15-13(10)14(25)24(11-7-18(19,20)8-11)17(27)23(15)5-6-28-2/h11H,3-9H2,1-2H3,(H,21,26). The van der Waals surface area contributed by atoms with Crippen molar-refractivity contribution in [3.63, 3.8) is 0 Å². The van der Waals surface area contributed by atoms with Gasteiger partial charge in [0.05, 0.1) is 31.1 Å². The van der Waals surface area contributed by atoms with Crippen LogP contribution in [-0.2, 0) is 17.8 Å². The third-order valence-corrected chi connectivity index (χ3v) is 6.87. The highest BCUT2D eigenvalue weighted by atomic mass is 32.1. The van der Waals surface area contributed by atoms with E-state index in [9.17, 15) is 23.2 Å². The zero-order valence-corrected chi connectivity index (χ0v) is 17.0. The van der Waals surface area contributed by atoms with Gasteiger partial charge in [0.2, 0.25) is 0 Å². The number of aryl methyl sites for hydroxylation is 1. The molecule has 158 valence electrons. The topological polar surface area (TPSA) is 85.6 Å². The third kappa shape index (κ3) is 3.35. The number of hydrogen-bond donors (Lipinski definition) is 1. The van der Waals surface area contributed by atoms with Crippen LogP contribution in [0.5, 0.6) is 0 Å². The molecule has 1 N–H and O–H groups in total. The summed E-state index contributed by atoms with van der Waals surface area (Å²) in [6.07, 6.45) is -1.02. The SMILES string of the molecule is COCCn1c(=O)n(C2CC(F)(F)C2)c(=O)c2c(C)c(CN3CCNC3=O)sc21. The Labute approximate surface area is 168 Å². The number of ether oxygens (including phenoxy) is 1. The molecule has 2 amide bonds. The molecule has 11 heteroatoms. The molecule has 0 aromatic carbocycles. The van der Waals surface area contributed by atoms with Crippen LogP contribution in [-0.4, -0.2) is 52.8 Å². The molecule has 0 bridgehead atoms. The maximum absolute atomic E-state index is 13.4. The number of hydrogen-bond acceptors (Lipinski definition) is 5. The molecule has 2 aliphatic rings. The summed E-state index contributed by atoms with van der Waals surface area (Å²) in [5, 5.41) is 3.09. The quantitative estimate of drug-likeness (QED) is 0.759. The number of amides is 2. The van der Waals surface area contributed by atoms with Gasteiger partial charge >= 0.3 is 11.7 Å². The van der Waals surface area contributed by atoms with E-state index in [1.165, 1.54) is 23.0 Å². The van der Waals surface area contributed by atoms with Gasteiger partial charge in [-0.15, -0.1) is 11.3 Å². The second-order valence-electron chi connectivity index (χ2n) is 7.50. The number of halogens is 2. The summed E-state index contributed by atoms with van der Waals surface area (Å²) in [5.74, 6) is -2.85. The summed E-state index contributed by atoms with van der Waals surface area (Å²) in [7, 11) is 1.50. The number of carbonyl (C=O) groups is 1. The number of nitrogens with one attached hydrogen (secondary N) is 1. The summed E-state index contributed by atoms with van der Waals surface area (Å²) >= 11 is 1.29. The Morgan fingerprint density at radius 1 is 1.28 bits per heavy atom. The van der Waals surface area contributed by atoms with E-state index in [0.717, 1.165) is 9.44 Å².